The van der Waals surface area contributed by atoms with E-state index >= 15 is 0 Å². The molecule has 0 spiro atoms. The monoisotopic (exact) mass is 451 g/mol. The van der Waals surface area contributed by atoms with E-state index in [2.05, 4.69) is 4.74 Å². The Hall–Kier alpha value is -3.23. The molecular formula is C23H24F3NO5. The van der Waals surface area contributed by atoms with E-state index in [9.17, 15) is 22.8 Å². The van der Waals surface area contributed by atoms with Crippen LogP contribution in [-0.2, 0) is 4.74 Å². The van der Waals surface area contributed by atoms with Gasteiger partial charge in [-0.1, -0.05) is 24.3 Å². The first kappa shape index (κ1) is 23.4. The van der Waals surface area contributed by atoms with Crippen LogP contribution in [0, 0.1) is 5.92 Å². The molecule has 0 N–H and O–H groups in total. The van der Waals surface area contributed by atoms with Gasteiger partial charge in [0, 0.05) is 24.6 Å². The van der Waals surface area contributed by atoms with Crippen LogP contribution < -0.4 is 9.47 Å². The normalized spacial score (nSPS) is 14.5. The van der Waals surface area contributed by atoms with Gasteiger partial charge in [-0.05, 0) is 50.1 Å². The zero-order valence-corrected chi connectivity index (χ0v) is 17.9. The molecule has 0 aliphatic carbocycles. The Morgan fingerprint density at radius 2 is 1.75 bits per heavy atom. The van der Waals surface area contributed by atoms with E-state index in [1.807, 2.05) is 0 Å². The largest absolute Gasteiger partial charge is 0.573 e. The summed E-state index contributed by atoms with van der Waals surface area (Å²) in [5.41, 5.74) is 0.816. The van der Waals surface area contributed by atoms with Gasteiger partial charge in [0.1, 0.15) is 11.9 Å². The van der Waals surface area contributed by atoms with Crippen molar-refractivity contribution in [2.24, 2.45) is 5.92 Å². The Kier molecular flexibility index (Phi) is 6.66. The molecule has 2 aromatic carbocycles. The van der Waals surface area contributed by atoms with Gasteiger partial charge < -0.3 is 19.1 Å². The minimum absolute atomic E-state index is 0.0368. The van der Waals surface area contributed by atoms with Gasteiger partial charge >= 0.3 is 12.5 Å². The highest BCUT2D eigenvalue weighted by atomic mass is 19.4. The lowest BCUT2D eigenvalue weighted by molar-refractivity contribution is -0.275. The Bertz CT molecular complexity index is 978. The maximum Gasteiger partial charge on any atom is 0.573 e. The third-order valence-corrected chi connectivity index (χ3v) is 4.61. The minimum Gasteiger partial charge on any atom is -0.489 e. The van der Waals surface area contributed by atoms with Gasteiger partial charge in [0.25, 0.3) is 0 Å². The number of amides is 1. The van der Waals surface area contributed by atoms with Gasteiger partial charge in [-0.2, -0.15) is 0 Å². The SMILES string of the molecule is CC(C)(C)OC(=O)N1CC(COc2ccc(-c3cccc(C=O)c3)cc2OC(F)(F)F)C1. The maximum absolute atomic E-state index is 12.9. The molecule has 2 aromatic rings. The molecule has 1 aliphatic heterocycles. The van der Waals surface area contributed by atoms with E-state index in [-0.39, 0.29) is 18.3 Å². The first-order chi connectivity index (χ1) is 14.9. The minimum atomic E-state index is -4.90. The average Bonchev–Trinajstić information content (AvgIpc) is 2.65. The van der Waals surface area contributed by atoms with Crippen LogP contribution in [0.15, 0.2) is 42.5 Å². The summed E-state index contributed by atoms with van der Waals surface area (Å²) in [4.78, 5) is 24.5. The van der Waals surface area contributed by atoms with Crippen LogP contribution in [0.5, 0.6) is 11.5 Å². The average molecular weight is 451 g/mol. The van der Waals surface area contributed by atoms with Crippen molar-refractivity contribution in [2.75, 3.05) is 19.7 Å². The van der Waals surface area contributed by atoms with E-state index < -0.39 is 23.8 Å². The summed E-state index contributed by atoms with van der Waals surface area (Å²) >= 11 is 0. The predicted octanol–water partition coefficient (Wildman–Crippen LogP) is 5.31. The second-order valence-corrected chi connectivity index (χ2v) is 8.51. The van der Waals surface area contributed by atoms with Gasteiger partial charge in [-0.3, -0.25) is 4.79 Å². The smallest absolute Gasteiger partial charge is 0.489 e. The molecular weight excluding hydrogens is 427 g/mol. The summed E-state index contributed by atoms with van der Waals surface area (Å²) in [6.45, 7) is 6.21. The van der Waals surface area contributed by atoms with Gasteiger partial charge in [0.2, 0.25) is 0 Å². The van der Waals surface area contributed by atoms with Crippen molar-refractivity contribution in [3.05, 3.63) is 48.0 Å². The second kappa shape index (κ2) is 9.10. The number of benzene rings is 2. The quantitative estimate of drug-likeness (QED) is 0.557. The van der Waals surface area contributed by atoms with Gasteiger partial charge in [0.15, 0.2) is 11.5 Å². The highest BCUT2D eigenvalue weighted by Crippen LogP contribution is 2.37. The molecule has 6 nitrogen and oxygen atoms in total. The molecule has 0 unspecified atom stereocenters. The molecule has 1 fully saturated rings. The Balaban J connectivity index is 1.68. The van der Waals surface area contributed by atoms with E-state index in [0.717, 1.165) is 0 Å². The number of alkyl halides is 3. The molecule has 9 heteroatoms. The van der Waals surface area contributed by atoms with E-state index in [1.165, 1.54) is 17.0 Å². The first-order valence-corrected chi connectivity index (χ1v) is 9.99. The van der Waals surface area contributed by atoms with Gasteiger partial charge in [-0.25, -0.2) is 4.79 Å². The maximum atomic E-state index is 12.9. The fourth-order valence-corrected chi connectivity index (χ4v) is 3.16. The Labute approximate surface area is 183 Å². The van der Waals surface area contributed by atoms with Crippen molar-refractivity contribution in [1.29, 1.82) is 0 Å². The fraction of sp³-hybridized carbons (Fsp3) is 0.391. The van der Waals surface area contributed by atoms with E-state index in [4.69, 9.17) is 9.47 Å². The van der Waals surface area contributed by atoms with E-state index in [1.54, 1.807) is 51.1 Å². The lowest BCUT2D eigenvalue weighted by Gasteiger charge is -2.39. The number of carbonyl (C=O) groups is 2. The van der Waals surface area contributed by atoms with Crippen LogP contribution in [0.2, 0.25) is 0 Å². The molecule has 1 amide bonds. The standard InChI is InChI=1S/C23H24F3NO5/c1-22(2,3)32-21(29)27-11-16(12-27)14-30-19-8-7-18(10-20(19)31-23(24,25)26)17-6-4-5-15(9-17)13-28/h4-10,13,16H,11-12,14H2,1-3H3. The highest BCUT2D eigenvalue weighted by molar-refractivity contribution is 5.79. The number of hydrogen-bond acceptors (Lipinski definition) is 5. The van der Waals surface area contributed by atoms with Crippen molar-refractivity contribution in [3.63, 3.8) is 0 Å². The molecule has 3 rings (SSSR count). The number of hydrogen-bond donors (Lipinski definition) is 0. The summed E-state index contributed by atoms with van der Waals surface area (Å²) in [5.74, 6) is -0.576. The van der Waals surface area contributed by atoms with Crippen LogP contribution in [0.4, 0.5) is 18.0 Å². The van der Waals surface area contributed by atoms with Gasteiger partial charge in [-0.15, -0.1) is 13.2 Å². The molecule has 1 heterocycles. The number of ether oxygens (including phenoxy) is 3. The number of halogens is 3. The van der Waals surface area contributed by atoms with Crippen molar-refractivity contribution in [3.8, 4) is 22.6 Å². The third-order valence-electron chi connectivity index (χ3n) is 4.61. The van der Waals surface area contributed by atoms with Crippen molar-refractivity contribution in [1.82, 2.24) is 4.90 Å². The topological polar surface area (TPSA) is 65.1 Å². The van der Waals surface area contributed by atoms with E-state index in [0.29, 0.717) is 36.1 Å². The lowest BCUT2D eigenvalue weighted by atomic mass is 10.0. The number of aldehydes is 1. The molecule has 32 heavy (non-hydrogen) atoms. The fourth-order valence-electron chi connectivity index (χ4n) is 3.16. The van der Waals surface area contributed by atoms with Crippen molar-refractivity contribution < 1.29 is 37.0 Å². The molecule has 0 bridgehead atoms. The van der Waals surface area contributed by atoms with Crippen molar-refractivity contribution in [2.45, 2.75) is 32.7 Å². The Morgan fingerprint density at radius 1 is 1.06 bits per heavy atom. The highest BCUT2D eigenvalue weighted by Gasteiger charge is 2.35. The molecule has 0 radical (unpaired) electrons. The predicted molar refractivity (Wildman–Crippen MR) is 111 cm³/mol. The zero-order valence-electron chi connectivity index (χ0n) is 17.9. The van der Waals surface area contributed by atoms with Crippen LogP contribution >= 0.6 is 0 Å². The number of rotatable bonds is 6. The molecule has 1 saturated heterocycles. The summed E-state index contributed by atoms with van der Waals surface area (Å²) in [5, 5.41) is 0. The molecule has 1 aliphatic rings. The van der Waals surface area contributed by atoms with Gasteiger partial charge in [0.05, 0.1) is 6.61 Å². The first-order valence-electron chi connectivity index (χ1n) is 9.99. The molecule has 0 aromatic heterocycles. The third kappa shape index (κ3) is 6.38. The zero-order chi connectivity index (χ0) is 23.5. The summed E-state index contributed by atoms with van der Waals surface area (Å²) in [7, 11) is 0. The lowest BCUT2D eigenvalue weighted by Crippen LogP contribution is -2.53. The Morgan fingerprint density at radius 3 is 2.38 bits per heavy atom. The second-order valence-electron chi connectivity index (χ2n) is 8.51. The molecule has 0 saturated carbocycles. The number of nitrogens with zero attached hydrogens (tertiary/aromatic N) is 1. The number of carbonyl (C=O) groups excluding carboxylic acids is 2. The molecule has 0 atom stereocenters. The summed E-state index contributed by atoms with van der Waals surface area (Å²) < 4.78 is 53.9. The summed E-state index contributed by atoms with van der Waals surface area (Å²) in [6.07, 6.45) is -4.67. The van der Waals surface area contributed by atoms with Crippen LogP contribution in [0.3, 0.4) is 0 Å². The van der Waals surface area contributed by atoms with Crippen LogP contribution in [0.25, 0.3) is 11.1 Å². The number of likely N-dealkylation sites (tertiary alicyclic amines) is 1. The van der Waals surface area contributed by atoms with Crippen LogP contribution in [-0.4, -0.2) is 48.9 Å². The molecule has 172 valence electrons. The van der Waals surface area contributed by atoms with Crippen molar-refractivity contribution >= 4 is 12.4 Å². The van der Waals surface area contributed by atoms with Crippen LogP contribution in [0.1, 0.15) is 31.1 Å². The summed E-state index contributed by atoms with van der Waals surface area (Å²) in [6, 6.07) is 10.7.